The lowest BCUT2D eigenvalue weighted by atomic mass is 10.1. The molecule has 0 unspecified atom stereocenters. The molecule has 1 amide bonds. The van der Waals surface area contributed by atoms with E-state index in [9.17, 15) is 4.79 Å². The van der Waals surface area contributed by atoms with Crippen LogP contribution in [-0.2, 0) is 4.79 Å². The molecule has 1 aromatic carbocycles. The van der Waals surface area contributed by atoms with Crippen LogP contribution in [0.25, 0.3) is 0 Å². The minimum absolute atomic E-state index is 0.0944. The van der Waals surface area contributed by atoms with Gasteiger partial charge in [-0.25, -0.2) is 9.97 Å². The van der Waals surface area contributed by atoms with E-state index in [1.165, 1.54) is 11.8 Å². The minimum atomic E-state index is -0.324. The third-order valence-electron chi connectivity index (χ3n) is 4.05. The van der Waals surface area contributed by atoms with Gasteiger partial charge in [0.1, 0.15) is 0 Å². The van der Waals surface area contributed by atoms with Crippen molar-refractivity contribution in [3.63, 3.8) is 0 Å². The Hall–Kier alpha value is -1.30. The van der Waals surface area contributed by atoms with Crippen LogP contribution >= 0.6 is 35.0 Å². The molecule has 7 heteroatoms. The van der Waals surface area contributed by atoms with E-state index in [2.05, 4.69) is 15.3 Å². The number of carbonyl (C=O) groups excluding carboxylic acids is 1. The average Bonchev–Trinajstić information content (AvgIpc) is 2.52. The van der Waals surface area contributed by atoms with Crippen LogP contribution in [0.3, 0.4) is 0 Å². The summed E-state index contributed by atoms with van der Waals surface area (Å²) in [6.45, 7) is 9.62. The lowest BCUT2D eigenvalue weighted by Gasteiger charge is -2.18. The van der Waals surface area contributed by atoms with E-state index in [-0.39, 0.29) is 17.2 Å². The standard InChI is InChI=1S/C18H21Cl2N3OS/c1-9-10(2)22-18(23-11(9)3)25-13(5)17(24)21-12(4)15-7-6-14(19)8-16(15)20/h6-8,12-13H,1-5H3,(H,21,24)/t12-,13+/m0/s1. The molecule has 2 aromatic rings. The Morgan fingerprint density at radius 3 is 2.28 bits per heavy atom. The van der Waals surface area contributed by atoms with Crippen LogP contribution in [0.15, 0.2) is 23.4 Å². The summed E-state index contributed by atoms with van der Waals surface area (Å²) in [5.41, 5.74) is 3.77. The monoisotopic (exact) mass is 397 g/mol. The highest BCUT2D eigenvalue weighted by Crippen LogP contribution is 2.27. The van der Waals surface area contributed by atoms with Gasteiger partial charge >= 0.3 is 0 Å². The number of halogens is 2. The van der Waals surface area contributed by atoms with Crippen molar-refractivity contribution in [1.29, 1.82) is 0 Å². The summed E-state index contributed by atoms with van der Waals surface area (Å²) in [5, 5.41) is 4.37. The van der Waals surface area contributed by atoms with Gasteiger partial charge in [-0.15, -0.1) is 0 Å². The second-order valence-corrected chi connectivity index (χ2v) is 8.11. The molecule has 4 nitrogen and oxygen atoms in total. The van der Waals surface area contributed by atoms with E-state index < -0.39 is 0 Å². The lowest BCUT2D eigenvalue weighted by molar-refractivity contribution is -0.120. The summed E-state index contributed by atoms with van der Waals surface area (Å²) in [4.78, 5) is 21.4. The van der Waals surface area contributed by atoms with E-state index in [1.807, 2.05) is 40.7 Å². The van der Waals surface area contributed by atoms with Gasteiger partial charge in [0, 0.05) is 21.4 Å². The largest absolute Gasteiger partial charge is 0.349 e. The van der Waals surface area contributed by atoms with Crippen molar-refractivity contribution in [3.8, 4) is 0 Å². The number of thioether (sulfide) groups is 1. The molecule has 25 heavy (non-hydrogen) atoms. The lowest BCUT2D eigenvalue weighted by Crippen LogP contribution is -2.33. The molecule has 0 saturated carbocycles. The molecular weight excluding hydrogens is 377 g/mol. The third-order valence-corrected chi connectivity index (χ3v) is 5.57. The summed E-state index contributed by atoms with van der Waals surface area (Å²) in [6, 6.07) is 5.03. The zero-order valence-electron chi connectivity index (χ0n) is 14.9. The molecule has 0 spiro atoms. The Labute approximate surface area is 162 Å². The van der Waals surface area contributed by atoms with E-state index in [4.69, 9.17) is 23.2 Å². The first-order valence-corrected chi connectivity index (χ1v) is 9.56. The van der Waals surface area contributed by atoms with Crippen LogP contribution < -0.4 is 5.32 Å². The van der Waals surface area contributed by atoms with Gasteiger partial charge in [0.05, 0.1) is 11.3 Å². The summed E-state index contributed by atoms with van der Waals surface area (Å²) in [6.07, 6.45) is 0. The fourth-order valence-corrected chi connectivity index (χ4v) is 3.71. The summed E-state index contributed by atoms with van der Waals surface area (Å²) in [7, 11) is 0. The number of aromatic nitrogens is 2. The molecule has 0 saturated heterocycles. The van der Waals surface area contributed by atoms with Gasteiger partial charge in [-0.3, -0.25) is 4.79 Å². The number of rotatable bonds is 5. The first kappa shape index (κ1) is 20.0. The molecule has 2 atom stereocenters. The van der Waals surface area contributed by atoms with Gasteiger partial charge in [-0.05, 0) is 57.9 Å². The topological polar surface area (TPSA) is 54.9 Å². The number of amides is 1. The number of hydrogen-bond acceptors (Lipinski definition) is 4. The first-order chi connectivity index (χ1) is 11.7. The smallest absolute Gasteiger partial charge is 0.233 e. The van der Waals surface area contributed by atoms with Gasteiger partial charge in [-0.2, -0.15) is 0 Å². The molecule has 1 N–H and O–H groups in total. The second-order valence-electron chi connectivity index (χ2n) is 5.96. The van der Waals surface area contributed by atoms with Crippen LogP contribution in [0.1, 0.15) is 42.4 Å². The molecule has 0 radical (unpaired) electrons. The average molecular weight is 398 g/mol. The first-order valence-electron chi connectivity index (χ1n) is 7.93. The summed E-state index contributed by atoms with van der Waals surface area (Å²) in [5.74, 6) is -0.0944. The van der Waals surface area contributed by atoms with Crippen LogP contribution in [0.2, 0.25) is 10.0 Å². The number of hydrogen-bond donors (Lipinski definition) is 1. The Balaban J connectivity index is 2.05. The third kappa shape index (κ3) is 5.09. The minimum Gasteiger partial charge on any atom is -0.349 e. The fourth-order valence-electron chi connectivity index (χ4n) is 2.27. The highest BCUT2D eigenvalue weighted by molar-refractivity contribution is 8.00. The molecular formula is C18H21Cl2N3OS. The molecule has 1 heterocycles. The van der Waals surface area contributed by atoms with Gasteiger partial charge < -0.3 is 5.32 Å². The van der Waals surface area contributed by atoms with Crippen molar-refractivity contribution >= 4 is 40.9 Å². The van der Waals surface area contributed by atoms with E-state index >= 15 is 0 Å². The van der Waals surface area contributed by atoms with Crippen molar-refractivity contribution in [3.05, 3.63) is 50.8 Å². The van der Waals surface area contributed by atoms with Gasteiger partial charge in [0.15, 0.2) is 5.16 Å². The molecule has 0 bridgehead atoms. The van der Waals surface area contributed by atoms with Crippen molar-refractivity contribution in [2.75, 3.05) is 0 Å². The van der Waals surface area contributed by atoms with Crippen LogP contribution in [-0.4, -0.2) is 21.1 Å². The number of nitrogens with zero attached hydrogens (tertiary/aromatic N) is 2. The van der Waals surface area contributed by atoms with Crippen molar-refractivity contribution in [2.45, 2.75) is 51.1 Å². The number of benzene rings is 1. The van der Waals surface area contributed by atoms with Crippen LogP contribution in [0.5, 0.6) is 0 Å². The number of nitrogens with one attached hydrogen (secondary N) is 1. The SMILES string of the molecule is Cc1nc(S[C@H](C)C(=O)N[C@@H](C)c2ccc(Cl)cc2Cl)nc(C)c1C. The molecule has 1 aromatic heterocycles. The Bertz CT molecular complexity index is 775. The Kier molecular flexibility index (Phi) is 6.72. The normalized spacial score (nSPS) is 13.4. The zero-order chi connectivity index (χ0) is 18.7. The highest BCUT2D eigenvalue weighted by atomic mass is 35.5. The van der Waals surface area contributed by atoms with Gasteiger partial charge in [0.25, 0.3) is 0 Å². The predicted octanol–water partition coefficient (Wildman–Crippen LogP) is 5.07. The molecule has 0 fully saturated rings. The molecule has 134 valence electrons. The van der Waals surface area contributed by atoms with Crippen LogP contribution in [0.4, 0.5) is 0 Å². The highest BCUT2D eigenvalue weighted by Gasteiger charge is 2.20. The molecule has 2 rings (SSSR count). The molecule has 0 aliphatic rings. The van der Waals surface area contributed by atoms with Crippen molar-refractivity contribution < 1.29 is 4.79 Å². The maximum atomic E-state index is 12.5. The predicted molar refractivity (Wildman–Crippen MR) is 105 cm³/mol. The van der Waals surface area contributed by atoms with E-state index in [1.54, 1.807) is 12.1 Å². The second kappa shape index (κ2) is 8.39. The molecule has 0 aliphatic heterocycles. The van der Waals surface area contributed by atoms with Gasteiger partial charge in [0.2, 0.25) is 5.91 Å². The summed E-state index contributed by atoms with van der Waals surface area (Å²) >= 11 is 13.5. The molecule has 0 aliphatic carbocycles. The maximum absolute atomic E-state index is 12.5. The zero-order valence-corrected chi connectivity index (χ0v) is 17.2. The number of aryl methyl sites for hydroxylation is 2. The quantitative estimate of drug-likeness (QED) is 0.565. The van der Waals surface area contributed by atoms with Crippen molar-refractivity contribution in [2.24, 2.45) is 0 Å². The Morgan fingerprint density at radius 1 is 1.12 bits per heavy atom. The van der Waals surface area contributed by atoms with E-state index in [0.29, 0.717) is 15.2 Å². The number of carbonyl (C=O) groups is 1. The fraction of sp³-hybridized carbons (Fsp3) is 0.389. The Morgan fingerprint density at radius 2 is 1.72 bits per heavy atom. The van der Waals surface area contributed by atoms with E-state index in [0.717, 1.165) is 22.5 Å². The maximum Gasteiger partial charge on any atom is 0.233 e. The van der Waals surface area contributed by atoms with Gasteiger partial charge in [-0.1, -0.05) is 41.0 Å². The summed E-state index contributed by atoms with van der Waals surface area (Å²) < 4.78 is 0. The van der Waals surface area contributed by atoms with Crippen LogP contribution in [0, 0.1) is 20.8 Å². The van der Waals surface area contributed by atoms with Crippen molar-refractivity contribution in [1.82, 2.24) is 15.3 Å².